The zero-order chi connectivity index (χ0) is 7.78. The molecule has 0 aromatic carbocycles. The minimum atomic E-state index is 0.0828. The Morgan fingerprint density at radius 2 is 2.20 bits per heavy atom. The number of rotatable bonds is 1. The second-order valence-electron chi connectivity index (χ2n) is 3.41. The molecule has 0 saturated carbocycles. The van der Waals surface area contributed by atoms with Crippen LogP contribution in [0, 0.1) is 5.92 Å². The Labute approximate surface area is 67.5 Å². The summed E-state index contributed by atoms with van der Waals surface area (Å²) in [6.07, 6.45) is 0. The largest absolute Gasteiger partial charge is 0.363 e. The lowest BCUT2D eigenvalue weighted by atomic mass is 10.1. The summed E-state index contributed by atoms with van der Waals surface area (Å²) >= 11 is 1.95. The molecule has 0 amide bonds. The lowest BCUT2D eigenvalue weighted by molar-refractivity contribution is 0.0272. The lowest BCUT2D eigenvalue weighted by Crippen LogP contribution is -2.26. The molecule has 0 spiro atoms. The summed E-state index contributed by atoms with van der Waals surface area (Å²) in [5, 5.41) is 0.674. The SMILES string of the molecule is CC(C)[C@]1(C)OC[C@@H](C)S1. The van der Waals surface area contributed by atoms with Gasteiger partial charge in [-0.05, 0) is 12.8 Å². The quantitative estimate of drug-likeness (QED) is 0.583. The van der Waals surface area contributed by atoms with E-state index in [1.165, 1.54) is 0 Å². The van der Waals surface area contributed by atoms with Crippen LogP contribution in [0.15, 0.2) is 0 Å². The molecule has 10 heavy (non-hydrogen) atoms. The average molecular weight is 160 g/mol. The van der Waals surface area contributed by atoms with Crippen molar-refractivity contribution in [3.8, 4) is 0 Å². The fourth-order valence-electron chi connectivity index (χ4n) is 1.05. The molecule has 1 nitrogen and oxygen atoms in total. The maximum absolute atomic E-state index is 5.68. The molecular formula is C8H16OS. The summed E-state index contributed by atoms with van der Waals surface area (Å²) in [7, 11) is 0. The molecule has 1 saturated heterocycles. The highest BCUT2D eigenvalue weighted by Crippen LogP contribution is 2.42. The predicted octanol–water partition coefficient (Wildman–Crippen LogP) is 2.51. The van der Waals surface area contributed by atoms with E-state index in [9.17, 15) is 0 Å². The molecule has 0 N–H and O–H groups in total. The van der Waals surface area contributed by atoms with Crippen molar-refractivity contribution in [2.75, 3.05) is 6.61 Å². The van der Waals surface area contributed by atoms with Gasteiger partial charge in [-0.15, -0.1) is 11.8 Å². The van der Waals surface area contributed by atoms with Crippen LogP contribution in [0.1, 0.15) is 27.7 Å². The second kappa shape index (κ2) is 2.74. The number of thioether (sulfide) groups is 1. The van der Waals surface area contributed by atoms with Crippen molar-refractivity contribution < 1.29 is 4.74 Å². The van der Waals surface area contributed by atoms with Crippen molar-refractivity contribution in [2.45, 2.75) is 37.9 Å². The van der Waals surface area contributed by atoms with Gasteiger partial charge in [0, 0.05) is 5.25 Å². The van der Waals surface area contributed by atoms with E-state index >= 15 is 0 Å². The Kier molecular flexibility index (Phi) is 2.31. The fraction of sp³-hybridized carbons (Fsp3) is 1.00. The van der Waals surface area contributed by atoms with Crippen LogP contribution >= 0.6 is 11.8 Å². The Hall–Kier alpha value is 0.310. The molecule has 60 valence electrons. The molecule has 1 aliphatic rings. The van der Waals surface area contributed by atoms with E-state index in [4.69, 9.17) is 4.74 Å². The van der Waals surface area contributed by atoms with Crippen molar-refractivity contribution >= 4 is 11.8 Å². The van der Waals surface area contributed by atoms with Crippen molar-refractivity contribution in [1.82, 2.24) is 0 Å². The van der Waals surface area contributed by atoms with Gasteiger partial charge in [0.1, 0.15) is 4.93 Å². The van der Waals surface area contributed by atoms with Crippen LogP contribution in [0.2, 0.25) is 0 Å². The predicted molar refractivity (Wildman–Crippen MR) is 46.2 cm³/mol. The van der Waals surface area contributed by atoms with Crippen LogP contribution < -0.4 is 0 Å². The van der Waals surface area contributed by atoms with Crippen LogP contribution in [-0.4, -0.2) is 16.8 Å². The molecule has 0 bridgehead atoms. The second-order valence-corrected chi connectivity index (χ2v) is 5.26. The third kappa shape index (κ3) is 1.48. The smallest absolute Gasteiger partial charge is 0.113 e. The molecule has 1 fully saturated rings. The maximum atomic E-state index is 5.68. The summed E-state index contributed by atoms with van der Waals surface area (Å²) in [6, 6.07) is 0. The summed E-state index contributed by atoms with van der Waals surface area (Å²) in [5.41, 5.74) is 0. The molecular weight excluding hydrogens is 144 g/mol. The van der Waals surface area contributed by atoms with Gasteiger partial charge in [-0.3, -0.25) is 0 Å². The van der Waals surface area contributed by atoms with Crippen LogP contribution in [0.3, 0.4) is 0 Å². The van der Waals surface area contributed by atoms with Crippen molar-refractivity contribution in [2.24, 2.45) is 5.92 Å². The summed E-state index contributed by atoms with van der Waals surface area (Å²) < 4.78 is 5.68. The Balaban J connectivity index is 2.54. The van der Waals surface area contributed by atoms with Gasteiger partial charge in [0.05, 0.1) is 6.61 Å². The summed E-state index contributed by atoms with van der Waals surface area (Å²) in [5.74, 6) is 0.613. The van der Waals surface area contributed by atoms with E-state index in [-0.39, 0.29) is 4.93 Å². The number of hydrogen-bond acceptors (Lipinski definition) is 2. The highest BCUT2D eigenvalue weighted by atomic mass is 32.2. The highest BCUT2D eigenvalue weighted by Gasteiger charge is 2.37. The van der Waals surface area contributed by atoms with E-state index in [0.29, 0.717) is 11.2 Å². The van der Waals surface area contributed by atoms with Crippen LogP contribution in [0.5, 0.6) is 0 Å². The van der Waals surface area contributed by atoms with E-state index in [0.717, 1.165) is 6.61 Å². The lowest BCUT2D eigenvalue weighted by Gasteiger charge is -2.26. The molecule has 0 aliphatic carbocycles. The molecule has 0 aromatic rings. The van der Waals surface area contributed by atoms with Gasteiger partial charge >= 0.3 is 0 Å². The van der Waals surface area contributed by atoms with Crippen LogP contribution in [0.25, 0.3) is 0 Å². The average Bonchev–Trinajstić information content (AvgIpc) is 2.13. The number of hydrogen-bond donors (Lipinski definition) is 0. The first-order valence-corrected chi connectivity index (χ1v) is 4.74. The van der Waals surface area contributed by atoms with E-state index in [2.05, 4.69) is 27.7 Å². The first-order chi connectivity index (χ1) is 4.54. The minimum absolute atomic E-state index is 0.0828. The van der Waals surface area contributed by atoms with Gasteiger partial charge in [-0.1, -0.05) is 20.8 Å². The Morgan fingerprint density at radius 1 is 1.60 bits per heavy atom. The van der Waals surface area contributed by atoms with Gasteiger partial charge in [0.2, 0.25) is 0 Å². The monoisotopic (exact) mass is 160 g/mol. The Morgan fingerprint density at radius 3 is 2.40 bits per heavy atom. The van der Waals surface area contributed by atoms with E-state index < -0.39 is 0 Å². The molecule has 0 unspecified atom stereocenters. The van der Waals surface area contributed by atoms with E-state index in [1.54, 1.807) is 0 Å². The van der Waals surface area contributed by atoms with Gasteiger partial charge in [0.15, 0.2) is 0 Å². The van der Waals surface area contributed by atoms with Gasteiger partial charge in [-0.2, -0.15) is 0 Å². The van der Waals surface area contributed by atoms with Crippen molar-refractivity contribution in [3.63, 3.8) is 0 Å². The number of ether oxygens (including phenoxy) is 1. The molecule has 2 heteroatoms. The molecule has 0 radical (unpaired) electrons. The first-order valence-electron chi connectivity index (χ1n) is 3.86. The van der Waals surface area contributed by atoms with E-state index in [1.807, 2.05) is 11.8 Å². The summed E-state index contributed by atoms with van der Waals surface area (Å²) in [6.45, 7) is 9.75. The normalized spacial score (nSPS) is 41.1. The van der Waals surface area contributed by atoms with Crippen LogP contribution in [-0.2, 0) is 4.74 Å². The van der Waals surface area contributed by atoms with Crippen molar-refractivity contribution in [3.05, 3.63) is 0 Å². The Bertz CT molecular complexity index is 124. The maximum Gasteiger partial charge on any atom is 0.113 e. The fourth-order valence-corrected chi connectivity index (χ4v) is 2.40. The van der Waals surface area contributed by atoms with Gasteiger partial charge < -0.3 is 4.74 Å². The summed E-state index contributed by atoms with van der Waals surface area (Å²) in [4.78, 5) is 0.0828. The van der Waals surface area contributed by atoms with Gasteiger partial charge in [0.25, 0.3) is 0 Å². The molecule has 2 atom stereocenters. The zero-order valence-electron chi connectivity index (χ0n) is 7.18. The molecule has 0 aromatic heterocycles. The highest BCUT2D eigenvalue weighted by molar-refractivity contribution is 8.01. The van der Waals surface area contributed by atoms with Crippen molar-refractivity contribution in [1.29, 1.82) is 0 Å². The van der Waals surface area contributed by atoms with Crippen LogP contribution in [0.4, 0.5) is 0 Å². The zero-order valence-corrected chi connectivity index (χ0v) is 7.99. The third-order valence-electron chi connectivity index (χ3n) is 2.09. The molecule has 1 heterocycles. The topological polar surface area (TPSA) is 9.23 Å². The minimum Gasteiger partial charge on any atom is -0.363 e. The third-order valence-corrected chi connectivity index (χ3v) is 3.68. The molecule has 1 aliphatic heterocycles. The van der Waals surface area contributed by atoms with Gasteiger partial charge in [-0.25, -0.2) is 0 Å². The standard InChI is InChI=1S/C8H16OS/c1-6(2)8(4)9-5-7(3)10-8/h6-7H,5H2,1-4H3/t7-,8-/m1/s1. The molecule has 1 rings (SSSR count). The first kappa shape index (κ1) is 8.41.